The van der Waals surface area contributed by atoms with Gasteiger partial charge in [0.05, 0.1) is 13.2 Å². The summed E-state index contributed by atoms with van der Waals surface area (Å²) in [7, 11) is 0. The molecule has 21 heavy (non-hydrogen) atoms. The van der Waals surface area contributed by atoms with Crippen LogP contribution in [0.2, 0.25) is 0 Å². The summed E-state index contributed by atoms with van der Waals surface area (Å²) in [6.45, 7) is 1.73. The molecule has 0 bridgehead atoms. The number of benzene rings is 1. The van der Waals surface area contributed by atoms with Gasteiger partial charge >= 0.3 is 0 Å². The number of morpholine rings is 1. The molecular formula is C14H15BrN4O2. The second kappa shape index (κ2) is 5.87. The Kier molecular flexibility index (Phi) is 3.94. The van der Waals surface area contributed by atoms with Gasteiger partial charge in [-0.25, -0.2) is 4.98 Å². The Morgan fingerprint density at radius 2 is 2.29 bits per heavy atom. The lowest BCUT2D eigenvalue weighted by atomic mass is 10.1. The lowest BCUT2D eigenvalue weighted by molar-refractivity contribution is 0.0805. The predicted octanol–water partition coefficient (Wildman–Crippen LogP) is 1.95. The summed E-state index contributed by atoms with van der Waals surface area (Å²) < 4.78 is 6.56. The van der Waals surface area contributed by atoms with E-state index in [0.29, 0.717) is 19.7 Å². The highest BCUT2D eigenvalue weighted by atomic mass is 79.9. The van der Waals surface area contributed by atoms with Crippen molar-refractivity contribution in [2.45, 2.75) is 6.10 Å². The van der Waals surface area contributed by atoms with Gasteiger partial charge in [-0.05, 0) is 12.1 Å². The Morgan fingerprint density at radius 3 is 3.10 bits per heavy atom. The molecule has 3 rings (SSSR count). The molecule has 6 nitrogen and oxygen atoms in total. The average molecular weight is 351 g/mol. The maximum Gasteiger partial charge on any atom is 0.170 e. The van der Waals surface area contributed by atoms with Crippen molar-refractivity contribution < 1.29 is 9.94 Å². The van der Waals surface area contributed by atoms with Crippen LogP contribution in [0.4, 0.5) is 5.82 Å². The van der Waals surface area contributed by atoms with E-state index in [4.69, 9.17) is 15.7 Å². The smallest absolute Gasteiger partial charge is 0.170 e. The average Bonchev–Trinajstić information content (AvgIpc) is 2.54. The Morgan fingerprint density at radius 1 is 1.43 bits per heavy atom. The van der Waals surface area contributed by atoms with E-state index in [1.807, 2.05) is 24.3 Å². The number of nitrogens with zero attached hydrogens (tertiary/aromatic N) is 3. The third-order valence-corrected chi connectivity index (χ3v) is 4.23. The summed E-state index contributed by atoms with van der Waals surface area (Å²) in [4.78, 5) is 6.60. The van der Waals surface area contributed by atoms with Crippen LogP contribution in [-0.2, 0) is 4.74 Å². The number of pyridine rings is 1. The Balaban J connectivity index is 1.99. The lowest BCUT2D eigenvalue weighted by Crippen LogP contribution is -2.48. The number of hydrogen-bond acceptors (Lipinski definition) is 5. The summed E-state index contributed by atoms with van der Waals surface area (Å²) in [5.74, 6) is 0.967. The Labute approximate surface area is 130 Å². The van der Waals surface area contributed by atoms with Crippen molar-refractivity contribution >= 4 is 38.4 Å². The number of fused-ring (bicyclic) bond motifs is 1. The van der Waals surface area contributed by atoms with E-state index < -0.39 is 6.10 Å². The van der Waals surface area contributed by atoms with Crippen molar-refractivity contribution in [3.8, 4) is 0 Å². The first-order valence-electron chi connectivity index (χ1n) is 6.58. The number of anilines is 1. The van der Waals surface area contributed by atoms with E-state index in [1.165, 1.54) is 0 Å². The molecule has 1 aromatic heterocycles. The molecule has 2 heterocycles. The summed E-state index contributed by atoms with van der Waals surface area (Å²) in [6.07, 6.45) is 1.36. The third-order valence-electron chi connectivity index (χ3n) is 3.54. The number of amidine groups is 1. The van der Waals surface area contributed by atoms with Crippen LogP contribution in [0.1, 0.15) is 0 Å². The second-order valence-corrected chi connectivity index (χ2v) is 5.65. The quantitative estimate of drug-likeness (QED) is 0.374. The van der Waals surface area contributed by atoms with Crippen LogP contribution in [-0.4, -0.2) is 41.8 Å². The van der Waals surface area contributed by atoms with Gasteiger partial charge in [-0.1, -0.05) is 33.2 Å². The van der Waals surface area contributed by atoms with Crippen LogP contribution < -0.4 is 10.6 Å². The van der Waals surface area contributed by atoms with Crippen molar-refractivity contribution in [3.63, 3.8) is 0 Å². The van der Waals surface area contributed by atoms with E-state index in [9.17, 15) is 0 Å². The first kappa shape index (κ1) is 14.1. The molecular weight excluding hydrogens is 336 g/mol. The molecule has 2 aromatic rings. The topological polar surface area (TPSA) is 84.0 Å². The summed E-state index contributed by atoms with van der Waals surface area (Å²) >= 11 is 3.56. The molecule has 110 valence electrons. The van der Waals surface area contributed by atoms with Crippen molar-refractivity contribution in [2.24, 2.45) is 10.9 Å². The van der Waals surface area contributed by atoms with Crippen LogP contribution in [0, 0.1) is 0 Å². The molecule has 1 aromatic carbocycles. The van der Waals surface area contributed by atoms with E-state index >= 15 is 0 Å². The molecule has 3 N–H and O–H groups in total. The third kappa shape index (κ3) is 2.66. The zero-order valence-electron chi connectivity index (χ0n) is 11.2. The second-order valence-electron chi connectivity index (χ2n) is 4.80. The zero-order chi connectivity index (χ0) is 14.8. The van der Waals surface area contributed by atoms with Crippen molar-refractivity contribution in [2.75, 3.05) is 24.6 Å². The molecule has 1 aliphatic heterocycles. The molecule has 1 unspecified atom stereocenters. The molecule has 1 aliphatic rings. The number of hydrogen-bond donors (Lipinski definition) is 2. The van der Waals surface area contributed by atoms with Crippen LogP contribution >= 0.6 is 15.9 Å². The normalized spacial score (nSPS) is 20.0. The lowest BCUT2D eigenvalue weighted by Gasteiger charge is -2.33. The van der Waals surface area contributed by atoms with Gasteiger partial charge < -0.3 is 20.6 Å². The largest absolute Gasteiger partial charge is 0.409 e. The first-order chi connectivity index (χ1) is 10.2. The number of nitrogens with two attached hydrogens (primary N) is 1. The van der Waals surface area contributed by atoms with Crippen molar-refractivity contribution in [1.82, 2.24) is 4.98 Å². The summed E-state index contributed by atoms with van der Waals surface area (Å²) in [6, 6.07) is 8.00. The highest BCUT2D eigenvalue weighted by Gasteiger charge is 2.25. The fourth-order valence-corrected chi connectivity index (χ4v) is 2.99. The van der Waals surface area contributed by atoms with Gasteiger partial charge in [0.25, 0.3) is 0 Å². The van der Waals surface area contributed by atoms with Crippen molar-refractivity contribution in [3.05, 3.63) is 34.9 Å². The van der Waals surface area contributed by atoms with Crippen LogP contribution in [0.3, 0.4) is 0 Å². The molecule has 0 radical (unpaired) electrons. The van der Waals surface area contributed by atoms with Gasteiger partial charge in [-0.15, -0.1) is 0 Å². The predicted molar refractivity (Wildman–Crippen MR) is 84.8 cm³/mol. The van der Waals surface area contributed by atoms with Crippen LogP contribution in [0.25, 0.3) is 10.8 Å². The molecule has 1 fully saturated rings. The molecule has 0 spiro atoms. The monoisotopic (exact) mass is 350 g/mol. The summed E-state index contributed by atoms with van der Waals surface area (Å²) in [5.41, 5.74) is 5.65. The van der Waals surface area contributed by atoms with Gasteiger partial charge in [0.2, 0.25) is 0 Å². The number of halogens is 1. The first-order valence-corrected chi connectivity index (χ1v) is 7.37. The Hall–Kier alpha value is -1.86. The molecule has 0 amide bonds. The minimum Gasteiger partial charge on any atom is -0.409 e. The van der Waals surface area contributed by atoms with E-state index in [1.54, 1.807) is 6.20 Å². The van der Waals surface area contributed by atoms with Gasteiger partial charge in [0.1, 0.15) is 11.9 Å². The van der Waals surface area contributed by atoms with Crippen molar-refractivity contribution in [1.29, 1.82) is 0 Å². The standard InChI is InChI=1S/C14H15BrN4O2/c15-11-3-1-2-10-9(11)4-5-17-14(10)19-6-7-21-12(8-19)13(16)18-20/h1-5,12,20H,6-8H2,(H2,16,18). The Bertz CT molecular complexity index is 692. The van der Waals surface area contributed by atoms with E-state index in [2.05, 4.69) is 31.0 Å². The fourth-order valence-electron chi connectivity index (χ4n) is 2.49. The number of oxime groups is 1. The maximum atomic E-state index is 8.79. The highest BCUT2D eigenvalue weighted by molar-refractivity contribution is 9.10. The minimum absolute atomic E-state index is 0.0844. The molecule has 0 aliphatic carbocycles. The van der Waals surface area contributed by atoms with Gasteiger partial charge in [0, 0.05) is 28.0 Å². The number of aromatic nitrogens is 1. The SMILES string of the molecule is N/C(=N/O)C1CN(c2nccc3c(Br)cccc23)CCO1. The fraction of sp³-hybridized carbons (Fsp3) is 0.286. The molecule has 1 saturated heterocycles. The summed E-state index contributed by atoms with van der Waals surface area (Å²) in [5, 5.41) is 14.0. The number of rotatable bonds is 2. The van der Waals surface area contributed by atoms with Crippen LogP contribution in [0.15, 0.2) is 40.1 Å². The molecule has 7 heteroatoms. The van der Waals surface area contributed by atoms with Gasteiger partial charge in [0.15, 0.2) is 5.84 Å². The van der Waals surface area contributed by atoms with Gasteiger partial charge in [-0.2, -0.15) is 0 Å². The number of ether oxygens (including phenoxy) is 1. The highest BCUT2D eigenvalue weighted by Crippen LogP contribution is 2.30. The molecule has 0 saturated carbocycles. The van der Waals surface area contributed by atoms with E-state index in [0.717, 1.165) is 21.1 Å². The minimum atomic E-state index is -0.423. The van der Waals surface area contributed by atoms with E-state index in [-0.39, 0.29) is 5.84 Å². The maximum absolute atomic E-state index is 8.79. The van der Waals surface area contributed by atoms with Crippen LogP contribution in [0.5, 0.6) is 0 Å². The zero-order valence-corrected chi connectivity index (χ0v) is 12.8. The van der Waals surface area contributed by atoms with Gasteiger partial charge in [-0.3, -0.25) is 0 Å². The molecule has 1 atom stereocenters.